The number of ether oxygens (including phenoxy) is 1. The van der Waals surface area contributed by atoms with Gasteiger partial charge in [-0.3, -0.25) is 10.2 Å². The second kappa shape index (κ2) is 10.2. The summed E-state index contributed by atoms with van der Waals surface area (Å²) in [5, 5.41) is 17.1. The van der Waals surface area contributed by atoms with Gasteiger partial charge in [-0.05, 0) is 66.4 Å². The number of nitrogens with zero attached hydrogens (tertiary/aromatic N) is 2. The molecule has 156 valence electrons. The second-order valence-electron chi connectivity index (χ2n) is 6.29. The Balaban J connectivity index is 1.78. The number of thiophene rings is 1. The first-order chi connectivity index (χ1) is 14.5. The lowest BCUT2D eigenvalue weighted by Crippen LogP contribution is -2.18. The fourth-order valence-electron chi connectivity index (χ4n) is 2.72. The molecule has 1 aromatic carbocycles. The maximum atomic E-state index is 11.6. The van der Waals surface area contributed by atoms with E-state index in [0.29, 0.717) is 29.9 Å². The summed E-state index contributed by atoms with van der Waals surface area (Å²) >= 11 is 2.74. The predicted molar refractivity (Wildman–Crippen MR) is 126 cm³/mol. The molecule has 0 fully saturated rings. The van der Waals surface area contributed by atoms with Crippen molar-refractivity contribution in [3.8, 4) is 5.88 Å². The van der Waals surface area contributed by atoms with E-state index < -0.39 is 0 Å². The van der Waals surface area contributed by atoms with E-state index in [4.69, 9.17) is 10.1 Å². The SMILES string of the molecule is CCOc1nc(NC)nc2ccc(/C=C(/C=O)SC(=N)NCc3sccc3C)cc12. The van der Waals surface area contributed by atoms with Crippen LogP contribution in [-0.4, -0.2) is 35.1 Å². The monoisotopic (exact) mass is 441 g/mol. The van der Waals surface area contributed by atoms with Gasteiger partial charge in [0.25, 0.3) is 0 Å². The summed E-state index contributed by atoms with van der Waals surface area (Å²) < 4.78 is 5.66. The van der Waals surface area contributed by atoms with E-state index in [1.54, 1.807) is 24.5 Å². The van der Waals surface area contributed by atoms with Gasteiger partial charge in [0.1, 0.15) is 0 Å². The molecule has 0 aliphatic rings. The third kappa shape index (κ3) is 5.37. The summed E-state index contributed by atoms with van der Waals surface area (Å²) in [6.07, 6.45) is 2.50. The van der Waals surface area contributed by atoms with Crippen LogP contribution < -0.4 is 15.4 Å². The average Bonchev–Trinajstić information content (AvgIpc) is 3.16. The second-order valence-corrected chi connectivity index (χ2v) is 8.37. The van der Waals surface area contributed by atoms with Gasteiger partial charge in [0.2, 0.25) is 11.8 Å². The lowest BCUT2D eigenvalue weighted by atomic mass is 10.1. The van der Waals surface area contributed by atoms with Gasteiger partial charge in [-0.25, -0.2) is 4.98 Å². The molecule has 3 aromatic rings. The highest BCUT2D eigenvalue weighted by Crippen LogP contribution is 2.27. The van der Waals surface area contributed by atoms with Crippen LogP contribution in [-0.2, 0) is 11.3 Å². The number of benzene rings is 1. The van der Waals surface area contributed by atoms with Crippen LogP contribution in [0.4, 0.5) is 5.95 Å². The van der Waals surface area contributed by atoms with Crippen LogP contribution in [0.3, 0.4) is 0 Å². The van der Waals surface area contributed by atoms with Crippen molar-refractivity contribution in [2.75, 3.05) is 19.0 Å². The third-order valence-corrected chi connectivity index (χ3v) is 6.03. The quantitative estimate of drug-likeness (QED) is 0.206. The van der Waals surface area contributed by atoms with Crippen molar-refractivity contribution < 1.29 is 9.53 Å². The summed E-state index contributed by atoms with van der Waals surface area (Å²) in [7, 11) is 1.75. The molecule has 0 aliphatic carbocycles. The molecule has 0 radical (unpaired) electrons. The zero-order chi connectivity index (χ0) is 21.5. The summed E-state index contributed by atoms with van der Waals surface area (Å²) in [5.74, 6) is 0.974. The summed E-state index contributed by atoms with van der Waals surface area (Å²) in [6.45, 7) is 4.99. The molecular weight excluding hydrogens is 418 g/mol. The number of fused-ring (bicyclic) bond motifs is 1. The van der Waals surface area contributed by atoms with Gasteiger partial charge < -0.3 is 15.4 Å². The number of aromatic nitrogens is 2. The number of carbonyl (C=O) groups is 1. The highest BCUT2D eigenvalue weighted by atomic mass is 32.2. The van der Waals surface area contributed by atoms with Gasteiger partial charge >= 0.3 is 0 Å². The first-order valence-electron chi connectivity index (χ1n) is 9.36. The number of hydrogen-bond donors (Lipinski definition) is 3. The maximum Gasteiger partial charge on any atom is 0.226 e. The fraction of sp³-hybridized carbons (Fsp3) is 0.238. The van der Waals surface area contributed by atoms with Gasteiger partial charge in [-0.2, -0.15) is 4.98 Å². The summed E-state index contributed by atoms with van der Waals surface area (Å²) in [4.78, 5) is 22.0. The fourth-order valence-corrected chi connectivity index (χ4v) is 4.19. The molecule has 0 amide bonds. The van der Waals surface area contributed by atoms with E-state index in [-0.39, 0.29) is 5.17 Å². The van der Waals surface area contributed by atoms with Crippen molar-refractivity contribution in [1.29, 1.82) is 5.41 Å². The van der Waals surface area contributed by atoms with E-state index in [1.807, 2.05) is 37.4 Å². The Morgan fingerprint density at radius 2 is 2.17 bits per heavy atom. The lowest BCUT2D eigenvalue weighted by Gasteiger charge is -2.10. The van der Waals surface area contributed by atoms with Crippen LogP contribution in [0, 0.1) is 12.3 Å². The molecule has 0 aliphatic heterocycles. The number of aldehydes is 1. The minimum Gasteiger partial charge on any atom is -0.477 e. The minimum absolute atomic E-state index is 0.221. The first-order valence-corrected chi connectivity index (χ1v) is 11.1. The van der Waals surface area contributed by atoms with Crippen molar-refractivity contribution >= 4 is 57.5 Å². The third-order valence-electron chi connectivity index (χ3n) is 4.21. The Morgan fingerprint density at radius 1 is 1.33 bits per heavy atom. The highest BCUT2D eigenvalue weighted by Gasteiger charge is 2.10. The molecular formula is C21H23N5O2S2. The summed E-state index contributed by atoms with van der Waals surface area (Å²) in [5.41, 5.74) is 2.75. The van der Waals surface area contributed by atoms with Crippen LogP contribution in [0.2, 0.25) is 0 Å². The van der Waals surface area contributed by atoms with Gasteiger partial charge in [-0.15, -0.1) is 11.3 Å². The molecule has 2 heterocycles. The van der Waals surface area contributed by atoms with Crippen LogP contribution in [0.25, 0.3) is 17.0 Å². The van der Waals surface area contributed by atoms with Crippen molar-refractivity contribution in [1.82, 2.24) is 15.3 Å². The first kappa shape index (κ1) is 21.8. The standard InChI is InChI=1S/C21H23N5O2S2/c1-4-28-19-16-10-14(5-6-17(16)25-21(23-3)26-19)9-15(12-27)30-20(22)24-11-18-13(2)7-8-29-18/h5-10,12H,4,11H2,1-3H3,(H2,22,24)(H,23,25,26)/b15-9-. The molecule has 0 spiro atoms. The van der Waals surface area contributed by atoms with Gasteiger partial charge in [-0.1, -0.05) is 6.07 Å². The molecule has 3 rings (SSSR count). The number of amidine groups is 1. The van der Waals surface area contributed by atoms with Crippen molar-refractivity contribution in [2.45, 2.75) is 20.4 Å². The van der Waals surface area contributed by atoms with E-state index in [0.717, 1.165) is 34.5 Å². The Bertz CT molecular complexity index is 1090. The number of hydrogen-bond acceptors (Lipinski definition) is 8. The van der Waals surface area contributed by atoms with E-state index in [2.05, 4.69) is 26.7 Å². The maximum absolute atomic E-state index is 11.6. The Kier molecular flexibility index (Phi) is 7.42. The minimum atomic E-state index is 0.221. The largest absolute Gasteiger partial charge is 0.477 e. The molecule has 2 aromatic heterocycles. The zero-order valence-electron chi connectivity index (χ0n) is 17.0. The van der Waals surface area contributed by atoms with Crippen molar-refractivity contribution in [3.63, 3.8) is 0 Å². The van der Waals surface area contributed by atoms with E-state index in [1.165, 1.54) is 10.4 Å². The molecule has 0 atom stereocenters. The van der Waals surface area contributed by atoms with Gasteiger partial charge in [0.15, 0.2) is 11.5 Å². The van der Waals surface area contributed by atoms with Crippen molar-refractivity contribution in [2.24, 2.45) is 0 Å². The number of aryl methyl sites for hydroxylation is 1. The van der Waals surface area contributed by atoms with Crippen LogP contribution in [0.1, 0.15) is 22.9 Å². The van der Waals surface area contributed by atoms with Crippen molar-refractivity contribution in [3.05, 3.63) is 50.6 Å². The highest BCUT2D eigenvalue weighted by molar-refractivity contribution is 8.17. The number of anilines is 1. The van der Waals surface area contributed by atoms with Crippen LogP contribution >= 0.6 is 23.1 Å². The Morgan fingerprint density at radius 3 is 2.83 bits per heavy atom. The number of rotatable bonds is 8. The van der Waals surface area contributed by atoms with Crippen LogP contribution in [0.5, 0.6) is 5.88 Å². The van der Waals surface area contributed by atoms with Gasteiger partial charge in [0, 0.05) is 11.9 Å². The molecule has 0 saturated heterocycles. The lowest BCUT2D eigenvalue weighted by molar-refractivity contribution is -0.104. The Hall–Kier alpha value is -2.91. The molecule has 0 bridgehead atoms. The Labute approximate surface area is 183 Å². The number of carbonyl (C=O) groups excluding carboxylic acids is 1. The molecule has 0 unspecified atom stereocenters. The molecule has 3 N–H and O–H groups in total. The molecule has 0 saturated carbocycles. The van der Waals surface area contributed by atoms with E-state index in [9.17, 15) is 4.79 Å². The van der Waals surface area contributed by atoms with E-state index >= 15 is 0 Å². The smallest absolute Gasteiger partial charge is 0.226 e. The average molecular weight is 442 g/mol. The topological polar surface area (TPSA) is 100.0 Å². The summed E-state index contributed by atoms with van der Waals surface area (Å²) in [6, 6.07) is 7.67. The number of nitrogens with one attached hydrogen (secondary N) is 3. The number of thioether (sulfide) groups is 1. The van der Waals surface area contributed by atoms with Crippen LogP contribution in [0.15, 0.2) is 34.6 Å². The molecule has 30 heavy (non-hydrogen) atoms. The zero-order valence-corrected chi connectivity index (χ0v) is 18.6. The predicted octanol–water partition coefficient (Wildman–Crippen LogP) is 4.44. The normalized spacial score (nSPS) is 11.4. The van der Waals surface area contributed by atoms with Gasteiger partial charge in [0.05, 0.1) is 29.0 Å². The number of allylic oxidation sites excluding steroid dienone is 1. The molecule has 9 heteroatoms. The molecule has 7 nitrogen and oxygen atoms in total.